The van der Waals surface area contributed by atoms with Crippen LogP contribution in [0.25, 0.3) is 0 Å². The molecular weight excluding hydrogens is 282 g/mol. The van der Waals surface area contributed by atoms with Crippen molar-refractivity contribution in [2.45, 2.75) is 37.5 Å². The molecule has 0 radical (unpaired) electrons. The Morgan fingerprint density at radius 1 is 1.36 bits per heavy atom. The van der Waals surface area contributed by atoms with E-state index in [0.29, 0.717) is 5.56 Å². The van der Waals surface area contributed by atoms with Gasteiger partial charge in [0.2, 0.25) is 0 Å². The quantitative estimate of drug-likeness (QED) is 0.847. The highest BCUT2D eigenvalue weighted by atomic mass is 16.5. The number of aromatic nitrogens is 1. The summed E-state index contributed by atoms with van der Waals surface area (Å²) in [6.45, 7) is 3.14. The molecule has 0 aromatic carbocycles. The van der Waals surface area contributed by atoms with Crippen molar-refractivity contribution in [1.82, 2.24) is 15.2 Å². The van der Waals surface area contributed by atoms with Crippen molar-refractivity contribution in [2.24, 2.45) is 0 Å². The van der Waals surface area contributed by atoms with Gasteiger partial charge in [-0.1, -0.05) is 0 Å². The molecule has 3 rings (SSSR count). The van der Waals surface area contributed by atoms with Crippen molar-refractivity contribution in [3.05, 3.63) is 30.1 Å². The van der Waals surface area contributed by atoms with E-state index >= 15 is 0 Å². The summed E-state index contributed by atoms with van der Waals surface area (Å²) in [5.41, 5.74) is 0.531. The first-order chi connectivity index (χ1) is 10.8. The third-order valence-electron chi connectivity index (χ3n) is 4.58. The average Bonchev–Trinajstić information content (AvgIpc) is 2.58. The number of ether oxygens (including phenoxy) is 1. The molecule has 2 N–H and O–H groups in total. The largest absolute Gasteiger partial charge is 0.389 e. The molecule has 120 valence electrons. The summed E-state index contributed by atoms with van der Waals surface area (Å²) in [6, 6.07) is 3.38. The van der Waals surface area contributed by atoms with E-state index in [9.17, 15) is 9.90 Å². The molecule has 6 heteroatoms. The van der Waals surface area contributed by atoms with Crippen LogP contribution in [0.15, 0.2) is 24.5 Å². The summed E-state index contributed by atoms with van der Waals surface area (Å²) >= 11 is 0. The van der Waals surface area contributed by atoms with Crippen LogP contribution in [-0.2, 0) is 4.74 Å². The van der Waals surface area contributed by atoms with Gasteiger partial charge < -0.3 is 15.2 Å². The van der Waals surface area contributed by atoms with Crippen molar-refractivity contribution in [3.8, 4) is 0 Å². The van der Waals surface area contributed by atoms with Crippen LogP contribution in [0, 0.1) is 0 Å². The number of rotatable bonds is 3. The minimum absolute atomic E-state index is 0.108. The number of aliphatic hydroxyl groups is 1. The third-order valence-corrected chi connectivity index (χ3v) is 4.58. The number of carbonyl (C=O) groups is 1. The zero-order valence-electron chi connectivity index (χ0n) is 12.6. The fourth-order valence-electron chi connectivity index (χ4n) is 3.37. The summed E-state index contributed by atoms with van der Waals surface area (Å²) in [5.74, 6) is -0.167. The highest BCUT2D eigenvalue weighted by Crippen LogP contribution is 2.24. The molecule has 2 heterocycles. The second-order valence-corrected chi connectivity index (χ2v) is 5.96. The summed E-state index contributed by atoms with van der Waals surface area (Å²) in [6.07, 6.45) is 5.45. The second kappa shape index (κ2) is 7.17. The highest BCUT2D eigenvalue weighted by molar-refractivity contribution is 5.94. The van der Waals surface area contributed by atoms with Crippen LogP contribution in [-0.4, -0.2) is 65.4 Å². The maximum atomic E-state index is 12.2. The van der Waals surface area contributed by atoms with Crippen LogP contribution in [0.1, 0.15) is 29.6 Å². The van der Waals surface area contributed by atoms with Gasteiger partial charge in [0.05, 0.1) is 30.9 Å². The summed E-state index contributed by atoms with van der Waals surface area (Å²) in [5, 5.41) is 13.6. The Hall–Kier alpha value is -1.50. The third kappa shape index (κ3) is 3.45. The van der Waals surface area contributed by atoms with Gasteiger partial charge >= 0.3 is 0 Å². The van der Waals surface area contributed by atoms with Crippen LogP contribution >= 0.6 is 0 Å². The molecule has 22 heavy (non-hydrogen) atoms. The molecule has 0 unspecified atom stereocenters. The van der Waals surface area contributed by atoms with E-state index in [2.05, 4.69) is 15.2 Å². The van der Waals surface area contributed by atoms with E-state index in [1.807, 2.05) is 0 Å². The van der Waals surface area contributed by atoms with Crippen molar-refractivity contribution >= 4 is 5.91 Å². The van der Waals surface area contributed by atoms with Gasteiger partial charge in [0.1, 0.15) is 0 Å². The SMILES string of the molecule is O=C(N[C@@H]1CCC[C@@H](N2CCOCC2)[C@@H]1O)c1cccnc1. The van der Waals surface area contributed by atoms with Gasteiger partial charge in [0.25, 0.3) is 5.91 Å². The highest BCUT2D eigenvalue weighted by Gasteiger charge is 2.36. The number of hydrogen-bond donors (Lipinski definition) is 2. The molecule has 3 atom stereocenters. The molecule has 1 aliphatic heterocycles. The predicted molar refractivity (Wildman–Crippen MR) is 81.5 cm³/mol. The lowest BCUT2D eigenvalue weighted by molar-refractivity contribution is -0.0459. The van der Waals surface area contributed by atoms with Gasteiger partial charge in [0, 0.05) is 31.5 Å². The molecule has 1 amide bonds. The Bertz CT molecular complexity index is 491. The van der Waals surface area contributed by atoms with E-state index in [4.69, 9.17) is 4.74 Å². The topological polar surface area (TPSA) is 74.7 Å². The molecule has 2 fully saturated rings. The fraction of sp³-hybridized carbons (Fsp3) is 0.625. The van der Waals surface area contributed by atoms with Crippen LogP contribution < -0.4 is 5.32 Å². The lowest BCUT2D eigenvalue weighted by Gasteiger charge is -2.43. The molecule has 1 saturated heterocycles. The minimum atomic E-state index is -0.535. The Labute approximate surface area is 130 Å². The summed E-state index contributed by atoms with van der Waals surface area (Å²) in [4.78, 5) is 18.5. The number of nitrogens with one attached hydrogen (secondary N) is 1. The molecule has 2 aliphatic rings. The molecule has 6 nitrogen and oxygen atoms in total. The number of hydrogen-bond acceptors (Lipinski definition) is 5. The van der Waals surface area contributed by atoms with E-state index in [1.54, 1.807) is 24.5 Å². The number of pyridine rings is 1. The Kier molecular flexibility index (Phi) is 5.02. The number of morpholine rings is 1. The van der Waals surface area contributed by atoms with Gasteiger partial charge in [-0.2, -0.15) is 0 Å². The molecule has 1 saturated carbocycles. The zero-order chi connectivity index (χ0) is 15.4. The molecule has 1 aromatic rings. The molecular formula is C16H23N3O3. The number of amides is 1. The first-order valence-corrected chi connectivity index (χ1v) is 7.96. The summed E-state index contributed by atoms with van der Waals surface area (Å²) in [7, 11) is 0. The Morgan fingerprint density at radius 2 is 2.18 bits per heavy atom. The van der Waals surface area contributed by atoms with Crippen LogP contribution in [0.5, 0.6) is 0 Å². The Balaban J connectivity index is 1.62. The molecule has 1 aliphatic carbocycles. The number of carbonyl (C=O) groups excluding carboxylic acids is 1. The maximum Gasteiger partial charge on any atom is 0.253 e. The smallest absolute Gasteiger partial charge is 0.253 e. The minimum Gasteiger partial charge on any atom is -0.389 e. The monoisotopic (exact) mass is 305 g/mol. The van der Waals surface area contributed by atoms with Gasteiger partial charge in [-0.25, -0.2) is 0 Å². The Morgan fingerprint density at radius 3 is 2.91 bits per heavy atom. The van der Waals surface area contributed by atoms with Crippen LogP contribution in [0.3, 0.4) is 0 Å². The van der Waals surface area contributed by atoms with E-state index in [1.165, 1.54) is 0 Å². The van der Waals surface area contributed by atoms with Crippen molar-refractivity contribution in [1.29, 1.82) is 0 Å². The standard InChI is InChI=1S/C16H23N3O3/c20-15-13(18-16(21)12-3-2-6-17-11-12)4-1-5-14(15)19-7-9-22-10-8-19/h2-3,6,11,13-15,20H,1,4-5,7-10H2,(H,18,21)/t13-,14-,15-/m1/s1. The number of aliphatic hydroxyl groups excluding tert-OH is 1. The normalized spacial score (nSPS) is 30.0. The fourth-order valence-corrected chi connectivity index (χ4v) is 3.37. The summed E-state index contributed by atoms with van der Waals surface area (Å²) < 4.78 is 5.38. The first-order valence-electron chi connectivity index (χ1n) is 7.96. The van der Waals surface area contributed by atoms with Gasteiger partial charge in [-0.3, -0.25) is 14.7 Å². The van der Waals surface area contributed by atoms with Crippen molar-refractivity contribution < 1.29 is 14.6 Å². The van der Waals surface area contributed by atoms with Crippen LogP contribution in [0.2, 0.25) is 0 Å². The van der Waals surface area contributed by atoms with Gasteiger partial charge in [-0.05, 0) is 31.4 Å². The van der Waals surface area contributed by atoms with Gasteiger partial charge in [0.15, 0.2) is 0 Å². The average molecular weight is 305 g/mol. The lowest BCUT2D eigenvalue weighted by atomic mass is 9.86. The zero-order valence-corrected chi connectivity index (χ0v) is 12.6. The lowest BCUT2D eigenvalue weighted by Crippen LogP contribution is -2.58. The van der Waals surface area contributed by atoms with E-state index in [0.717, 1.165) is 45.6 Å². The van der Waals surface area contributed by atoms with Crippen molar-refractivity contribution in [3.63, 3.8) is 0 Å². The van der Waals surface area contributed by atoms with Crippen LogP contribution in [0.4, 0.5) is 0 Å². The molecule has 1 aromatic heterocycles. The predicted octanol–water partition coefficient (Wildman–Crippen LogP) is 0.426. The molecule has 0 bridgehead atoms. The van der Waals surface area contributed by atoms with E-state index in [-0.39, 0.29) is 18.0 Å². The van der Waals surface area contributed by atoms with E-state index < -0.39 is 6.10 Å². The second-order valence-electron chi connectivity index (χ2n) is 5.96. The molecule has 0 spiro atoms. The van der Waals surface area contributed by atoms with Gasteiger partial charge in [-0.15, -0.1) is 0 Å². The maximum absolute atomic E-state index is 12.2. The number of nitrogens with zero attached hydrogens (tertiary/aromatic N) is 2. The first kappa shape index (κ1) is 15.4. The van der Waals surface area contributed by atoms with Crippen molar-refractivity contribution in [2.75, 3.05) is 26.3 Å².